The van der Waals surface area contributed by atoms with Crippen molar-refractivity contribution in [2.75, 3.05) is 13.1 Å². The summed E-state index contributed by atoms with van der Waals surface area (Å²) in [5.74, 6) is 2.09. The van der Waals surface area contributed by atoms with Crippen molar-refractivity contribution in [3.8, 4) is 11.4 Å². The van der Waals surface area contributed by atoms with Crippen LogP contribution in [0, 0.1) is 6.92 Å². The maximum absolute atomic E-state index is 12.8. The Balaban J connectivity index is 1.43. The van der Waals surface area contributed by atoms with Gasteiger partial charge in [0.2, 0.25) is 0 Å². The van der Waals surface area contributed by atoms with E-state index >= 15 is 0 Å². The summed E-state index contributed by atoms with van der Waals surface area (Å²) >= 11 is 0. The molecule has 1 saturated heterocycles. The Morgan fingerprint density at radius 3 is 2.74 bits per heavy atom. The Bertz CT molecular complexity index is 926. The predicted molar refractivity (Wildman–Crippen MR) is 96.9 cm³/mol. The first kappa shape index (κ1) is 17.4. The lowest BCUT2D eigenvalue weighted by Crippen LogP contribution is -2.38. The van der Waals surface area contributed by atoms with Gasteiger partial charge in [0.1, 0.15) is 22.8 Å². The second-order valence-corrected chi connectivity index (χ2v) is 6.70. The second-order valence-electron chi connectivity index (χ2n) is 6.70. The number of carbonyl (C=O) groups is 1. The van der Waals surface area contributed by atoms with Crippen LogP contribution < -0.4 is 0 Å². The molecule has 3 aromatic rings. The molecule has 0 spiro atoms. The van der Waals surface area contributed by atoms with Crippen molar-refractivity contribution in [2.45, 2.75) is 32.3 Å². The highest BCUT2D eigenvalue weighted by atomic mass is 16.5. The number of amides is 1. The van der Waals surface area contributed by atoms with Gasteiger partial charge in [0.25, 0.3) is 5.91 Å². The van der Waals surface area contributed by atoms with Crippen LogP contribution >= 0.6 is 0 Å². The lowest BCUT2D eigenvalue weighted by molar-refractivity contribution is 0.0706. The summed E-state index contributed by atoms with van der Waals surface area (Å²) in [6.07, 6.45) is 1.60. The minimum absolute atomic E-state index is 0.140. The van der Waals surface area contributed by atoms with Crippen molar-refractivity contribution >= 4 is 5.91 Å². The number of hydrogen-bond acceptors (Lipinski definition) is 6. The van der Waals surface area contributed by atoms with Gasteiger partial charge in [-0.05, 0) is 19.8 Å². The Morgan fingerprint density at radius 2 is 2.04 bits per heavy atom. The third kappa shape index (κ3) is 3.35. The minimum atomic E-state index is -0.310. The Morgan fingerprint density at radius 1 is 1.30 bits per heavy atom. The molecule has 0 aliphatic carbocycles. The minimum Gasteiger partial charge on any atom is -0.390 e. The fraction of sp³-hybridized carbons (Fsp3) is 0.368. The van der Waals surface area contributed by atoms with Gasteiger partial charge < -0.3 is 14.5 Å². The molecule has 0 radical (unpaired) electrons. The van der Waals surface area contributed by atoms with E-state index < -0.39 is 0 Å². The fourth-order valence-corrected chi connectivity index (χ4v) is 3.49. The van der Waals surface area contributed by atoms with Crippen LogP contribution in [0.25, 0.3) is 11.4 Å². The molecule has 4 rings (SSSR count). The predicted octanol–water partition coefficient (Wildman–Crippen LogP) is 2.28. The zero-order valence-corrected chi connectivity index (χ0v) is 15.1. The molecule has 3 heterocycles. The molecule has 8 nitrogen and oxygen atoms in total. The van der Waals surface area contributed by atoms with Gasteiger partial charge in [0.05, 0.1) is 6.61 Å². The standard InChI is InChI=1S/C19H21N5O3/c1-12-16(15(11-25)23-27-12)19(26)24-9-7-14(8-10-24)18-20-17(21-22-18)13-5-3-2-4-6-13/h2-6,14,25H,7-11H2,1H3,(H,20,21,22). The van der Waals surface area contributed by atoms with E-state index in [4.69, 9.17) is 4.52 Å². The van der Waals surface area contributed by atoms with E-state index in [2.05, 4.69) is 20.3 Å². The number of aliphatic hydroxyl groups is 1. The molecule has 1 fully saturated rings. The molecule has 2 N–H and O–H groups in total. The molecule has 0 atom stereocenters. The fourth-order valence-electron chi connectivity index (χ4n) is 3.49. The van der Waals surface area contributed by atoms with Crippen LogP contribution in [0.2, 0.25) is 0 Å². The third-order valence-electron chi connectivity index (χ3n) is 5.00. The summed E-state index contributed by atoms with van der Waals surface area (Å²) in [7, 11) is 0. The number of hydrogen-bond donors (Lipinski definition) is 2. The molecule has 2 aromatic heterocycles. The molecule has 27 heavy (non-hydrogen) atoms. The van der Waals surface area contributed by atoms with Gasteiger partial charge in [0.15, 0.2) is 5.82 Å². The van der Waals surface area contributed by atoms with Crippen molar-refractivity contribution in [1.82, 2.24) is 25.2 Å². The molecule has 1 aromatic carbocycles. The average molecular weight is 367 g/mol. The average Bonchev–Trinajstić information content (AvgIpc) is 3.35. The van der Waals surface area contributed by atoms with Crippen LogP contribution in [0.5, 0.6) is 0 Å². The highest BCUT2D eigenvalue weighted by molar-refractivity contribution is 5.96. The second kappa shape index (κ2) is 7.32. The first-order chi connectivity index (χ1) is 13.2. The number of benzene rings is 1. The lowest BCUT2D eigenvalue weighted by Gasteiger charge is -2.31. The van der Waals surface area contributed by atoms with Crippen LogP contribution in [0.1, 0.15) is 46.4 Å². The van der Waals surface area contributed by atoms with Crippen LogP contribution in [-0.4, -0.2) is 49.3 Å². The largest absolute Gasteiger partial charge is 0.390 e. The molecule has 140 valence electrons. The van der Waals surface area contributed by atoms with Crippen molar-refractivity contribution in [1.29, 1.82) is 0 Å². The highest BCUT2D eigenvalue weighted by Crippen LogP contribution is 2.28. The van der Waals surface area contributed by atoms with Crippen LogP contribution in [0.15, 0.2) is 34.9 Å². The number of aromatic amines is 1. The molecular weight excluding hydrogens is 346 g/mol. The monoisotopic (exact) mass is 367 g/mol. The molecule has 1 amide bonds. The number of nitrogens with zero attached hydrogens (tertiary/aromatic N) is 4. The van der Waals surface area contributed by atoms with Crippen molar-refractivity contribution in [3.05, 3.63) is 53.2 Å². The molecule has 0 saturated carbocycles. The number of aromatic nitrogens is 4. The summed E-state index contributed by atoms with van der Waals surface area (Å²) in [5.41, 5.74) is 1.65. The SMILES string of the molecule is Cc1onc(CO)c1C(=O)N1CCC(c2nc(-c3ccccc3)n[nH]2)CC1. The normalized spacial score (nSPS) is 15.3. The van der Waals surface area contributed by atoms with Gasteiger partial charge in [-0.15, -0.1) is 0 Å². The number of aryl methyl sites for hydroxylation is 1. The molecule has 1 aliphatic rings. The zero-order chi connectivity index (χ0) is 18.8. The van der Waals surface area contributed by atoms with Crippen LogP contribution in [0.4, 0.5) is 0 Å². The smallest absolute Gasteiger partial charge is 0.259 e. The maximum Gasteiger partial charge on any atom is 0.259 e. The van der Waals surface area contributed by atoms with E-state index in [1.54, 1.807) is 11.8 Å². The summed E-state index contributed by atoms with van der Waals surface area (Å²) in [6, 6.07) is 9.84. The number of likely N-dealkylation sites (tertiary alicyclic amines) is 1. The molecule has 8 heteroatoms. The molecule has 0 unspecified atom stereocenters. The summed E-state index contributed by atoms with van der Waals surface area (Å²) in [5, 5.41) is 20.5. The summed E-state index contributed by atoms with van der Waals surface area (Å²) < 4.78 is 5.05. The maximum atomic E-state index is 12.8. The van der Waals surface area contributed by atoms with Gasteiger partial charge >= 0.3 is 0 Å². The Labute approximate surface area is 156 Å². The first-order valence-electron chi connectivity index (χ1n) is 9.00. The number of piperidine rings is 1. The van der Waals surface area contributed by atoms with E-state index in [-0.39, 0.29) is 18.4 Å². The van der Waals surface area contributed by atoms with Gasteiger partial charge in [-0.3, -0.25) is 9.89 Å². The van der Waals surface area contributed by atoms with E-state index in [1.807, 2.05) is 30.3 Å². The number of carbonyl (C=O) groups excluding carboxylic acids is 1. The Kier molecular flexibility index (Phi) is 4.72. The van der Waals surface area contributed by atoms with Crippen molar-refractivity contribution in [2.24, 2.45) is 0 Å². The zero-order valence-electron chi connectivity index (χ0n) is 15.1. The number of aliphatic hydroxyl groups excluding tert-OH is 1. The van der Waals surface area contributed by atoms with Gasteiger partial charge in [0, 0.05) is 24.6 Å². The van der Waals surface area contributed by atoms with E-state index in [0.717, 1.165) is 24.2 Å². The highest BCUT2D eigenvalue weighted by Gasteiger charge is 2.30. The summed E-state index contributed by atoms with van der Waals surface area (Å²) in [4.78, 5) is 19.2. The molecular formula is C19H21N5O3. The van der Waals surface area contributed by atoms with Crippen LogP contribution in [0.3, 0.4) is 0 Å². The van der Waals surface area contributed by atoms with Crippen LogP contribution in [-0.2, 0) is 6.61 Å². The van der Waals surface area contributed by atoms with E-state index in [0.29, 0.717) is 35.9 Å². The van der Waals surface area contributed by atoms with E-state index in [1.165, 1.54) is 0 Å². The topological polar surface area (TPSA) is 108 Å². The summed E-state index contributed by atoms with van der Waals surface area (Å²) in [6.45, 7) is 2.60. The third-order valence-corrected chi connectivity index (χ3v) is 5.00. The number of rotatable bonds is 4. The number of H-pyrrole nitrogens is 1. The van der Waals surface area contributed by atoms with Crippen molar-refractivity contribution < 1.29 is 14.4 Å². The molecule has 0 bridgehead atoms. The lowest BCUT2D eigenvalue weighted by atomic mass is 9.95. The van der Waals surface area contributed by atoms with Gasteiger partial charge in [-0.2, -0.15) is 5.10 Å². The quantitative estimate of drug-likeness (QED) is 0.732. The van der Waals surface area contributed by atoms with Crippen molar-refractivity contribution in [3.63, 3.8) is 0 Å². The first-order valence-corrected chi connectivity index (χ1v) is 9.00. The number of nitrogens with one attached hydrogen (secondary N) is 1. The molecule has 1 aliphatic heterocycles. The van der Waals surface area contributed by atoms with E-state index in [9.17, 15) is 9.90 Å². The van der Waals surface area contributed by atoms with Gasteiger partial charge in [-0.1, -0.05) is 35.5 Å². The van der Waals surface area contributed by atoms with Gasteiger partial charge in [-0.25, -0.2) is 4.98 Å². The Hall–Kier alpha value is -3.00.